The van der Waals surface area contributed by atoms with E-state index >= 15 is 0 Å². The Bertz CT molecular complexity index is 1090. The first-order valence-corrected chi connectivity index (χ1v) is 8.61. The molecule has 8 heteroatoms. The van der Waals surface area contributed by atoms with Crippen LogP contribution in [0.15, 0.2) is 47.0 Å². The van der Waals surface area contributed by atoms with Crippen molar-refractivity contribution >= 4 is 32.6 Å². The number of benzene rings is 2. The van der Waals surface area contributed by atoms with E-state index in [1.165, 1.54) is 11.3 Å². The lowest BCUT2D eigenvalue weighted by Crippen LogP contribution is -2.11. The minimum absolute atomic E-state index is 0.232. The molecule has 0 saturated heterocycles. The SMILES string of the molecule is COc1ccc2nc(NC(=O)c3ccc(-c4nc(C)no4)cc3)sc2c1. The summed E-state index contributed by atoms with van der Waals surface area (Å²) in [6.07, 6.45) is 0. The molecule has 4 aromatic rings. The second kappa shape index (κ2) is 6.57. The van der Waals surface area contributed by atoms with Crippen LogP contribution >= 0.6 is 11.3 Å². The topological polar surface area (TPSA) is 90.1 Å². The van der Waals surface area contributed by atoms with Crippen molar-refractivity contribution in [1.82, 2.24) is 15.1 Å². The van der Waals surface area contributed by atoms with Gasteiger partial charge in [-0.2, -0.15) is 4.98 Å². The van der Waals surface area contributed by atoms with Crippen molar-refractivity contribution in [2.45, 2.75) is 6.92 Å². The van der Waals surface area contributed by atoms with E-state index in [2.05, 4.69) is 20.4 Å². The molecule has 130 valence electrons. The Kier molecular flexibility index (Phi) is 4.10. The maximum Gasteiger partial charge on any atom is 0.257 e. The first-order valence-electron chi connectivity index (χ1n) is 7.79. The fourth-order valence-electron chi connectivity index (χ4n) is 2.43. The van der Waals surface area contributed by atoms with Crippen molar-refractivity contribution in [2.75, 3.05) is 12.4 Å². The number of ether oxygens (including phenoxy) is 1. The summed E-state index contributed by atoms with van der Waals surface area (Å²) in [5.74, 6) is 1.51. The van der Waals surface area contributed by atoms with Crippen LogP contribution in [0, 0.1) is 6.92 Å². The van der Waals surface area contributed by atoms with Gasteiger partial charge in [0.2, 0.25) is 0 Å². The molecule has 0 unspecified atom stereocenters. The number of nitrogens with one attached hydrogen (secondary N) is 1. The van der Waals surface area contributed by atoms with Gasteiger partial charge >= 0.3 is 0 Å². The molecule has 0 aliphatic carbocycles. The summed E-state index contributed by atoms with van der Waals surface area (Å²) in [6, 6.07) is 12.5. The summed E-state index contributed by atoms with van der Waals surface area (Å²) < 4.78 is 11.3. The van der Waals surface area contributed by atoms with Crippen molar-refractivity contribution in [3.05, 3.63) is 53.9 Å². The number of fused-ring (bicyclic) bond motifs is 1. The maximum absolute atomic E-state index is 12.4. The van der Waals surface area contributed by atoms with Crippen molar-refractivity contribution in [1.29, 1.82) is 0 Å². The summed E-state index contributed by atoms with van der Waals surface area (Å²) in [7, 11) is 1.62. The summed E-state index contributed by atoms with van der Waals surface area (Å²) in [4.78, 5) is 21.0. The maximum atomic E-state index is 12.4. The molecule has 2 heterocycles. The van der Waals surface area contributed by atoms with Crippen LogP contribution in [0.25, 0.3) is 21.7 Å². The first-order chi connectivity index (χ1) is 12.6. The Morgan fingerprint density at radius 1 is 1.15 bits per heavy atom. The van der Waals surface area contributed by atoms with Gasteiger partial charge in [-0.3, -0.25) is 10.1 Å². The summed E-state index contributed by atoms with van der Waals surface area (Å²) in [5, 5.41) is 7.12. The zero-order valence-electron chi connectivity index (χ0n) is 14.0. The highest BCUT2D eigenvalue weighted by Gasteiger charge is 2.12. The molecule has 0 saturated carbocycles. The minimum Gasteiger partial charge on any atom is -0.497 e. The van der Waals surface area contributed by atoms with Crippen LogP contribution < -0.4 is 10.1 Å². The number of hydrogen-bond acceptors (Lipinski definition) is 7. The monoisotopic (exact) mass is 366 g/mol. The molecule has 4 rings (SSSR count). The van der Waals surface area contributed by atoms with Gasteiger partial charge in [-0.25, -0.2) is 4.98 Å². The van der Waals surface area contributed by atoms with Crippen molar-refractivity contribution < 1.29 is 14.1 Å². The summed E-state index contributed by atoms with van der Waals surface area (Å²) in [6.45, 7) is 1.75. The highest BCUT2D eigenvalue weighted by atomic mass is 32.1. The van der Waals surface area contributed by atoms with Crippen molar-refractivity contribution in [2.24, 2.45) is 0 Å². The molecule has 0 spiro atoms. The molecule has 1 amide bonds. The molecule has 0 radical (unpaired) electrons. The van der Waals surface area contributed by atoms with Gasteiger partial charge < -0.3 is 9.26 Å². The number of nitrogens with zero attached hydrogens (tertiary/aromatic N) is 3. The zero-order valence-corrected chi connectivity index (χ0v) is 14.8. The number of thiazole rings is 1. The Hall–Kier alpha value is -3.26. The average Bonchev–Trinajstić information content (AvgIpc) is 3.26. The molecule has 26 heavy (non-hydrogen) atoms. The molecule has 0 fully saturated rings. The third kappa shape index (κ3) is 3.14. The lowest BCUT2D eigenvalue weighted by Gasteiger charge is -2.02. The van der Waals surface area contributed by atoms with Crippen LogP contribution in [0.5, 0.6) is 5.75 Å². The van der Waals surface area contributed by atoms with E-state index in [0.29, 0.717) is 22.4 Å². The molecule has 0 aliphatic rings. The van der Waals surface area contributed by atoms with Crippen molar-refractivity contribution in [3.8, 4) is 17.2 Å². The van der Waals surface area contributed by atoms with E-state index in [-0.39, 0.29) is 5.91 Å². The Morgan fingerprint density at radius 3 is 2.65 bits per heavy atom. The predicted octanol–water partition coefficient (Wildman–Crippen LogP) is 3.92. The van der Waals surface area contributed by atoms with Crippen molar-refractivity contribution in [3.63, 3.8) is 0 Å². The van der Waals surface area contributed by atoms with Gasteiger partial charge in [-0.05, 0) is 49.4 Å². The summed E-state index contributed by atoms with van der Waals surface area (Å²) in [5.41, 5.74) is 2.09. The van der Waals surface area contributed by atoms with Gasteiger partial charge in [0.05, 0.1) is 17.3 Å². The predicted molar refractivity (Wildman–Crippen MR) is 98.6 cm³/mol. The van der Waals surface area contributed by atoms with E-state index in [1.807, 2.05) is 18.2 Å². The number of carbonyl (C=O) groups is 1. The normalized spacial score (nSPS) is 10.8. The summed E-state index contributed by atoms with van der Waals surface area (Å²) >= 11 is 1.40. The van der Waals surface area contributed by atoms with Crippen LogP contribution in [-0.4, -0.2) is 28.1 Å². The molecule has 1 N–H and O–H groups in total. The number of aryl methyl sites for hydroxylation is 1. The van der Waals surface area contributed by atoms with Crippen LogP contribution in [-0.2, 0) is 0 Å². The van der Waals surface area contributed by atoms with Gasteiger partial charge in [-0.15, -0.1) is 0 Å². The highest BCUT2D eigenvalue weighted by Crippen LogP contribution is 2.29. The number of amides is 1. The number of anilines is 1. The molecule has 0 aliphatic heterocycles. The van der Waals surface area contributed by atoms with E-state index in [0.717, 1.165) is 21.5 Å². The second-order valence-electron chi connectivity index (χ2n) is 5.53. The number of rotatable bonds is 4. The smallest absolute Gasteiger partial charge is 0.257 e. The zero-order chi connectivity index (χ0) is 18.1. The van der Waals surface area contributed by atoms with Gasteiger partial charge in [0.1, 0.15) is 5.75 Å². The van der Waals surface area contributed by atoms with E-state index < -0.39 is 0 Å². The Morgan fingerprint density at radius 2 is 1.96 bits per heavy atom. The lowest BCUT2D eigenvalue weighted by atomic mass is 10.1. The number of methoxy groups -OCH3 is 1. The van der Waals surface area contributed by atoms with Crippen LogP contribution in [0.4, 0.5) is 5.13 Å². The molecular weight excluding hydrogens is 352 g/mol. The van der Waals surface area contributed by atoms with E-state index in [4.69, 9.17) is 9.26 Å². The molecule has 2 aromatic carbocycles. The fraction of sp³-hybridized carbons (Fsp3) is 0.111. The van der Waals surface area contributed by atoms with Gasteiger partial charge in [0.25, 0.3) is 11.8 Å². The number of carbonyl (C=O) groups excluding carboxylic acids is 1. The quantitative estimate of drug-likeness (QED) is 0.589. The average molecular weight is 366 g/mol. The minimum atomic E-state index is -0.232. The van der Waals surface area contributed by atoms with Crippen LogP contribution in [0.3, 0.4) is 0 Å². The second-order valence-corrected chi connectivity index (χ2v) is 6.56. The lowest BCUT2D eigenvalue weighted by molar-refractivity contribution is 0.102. The molecule has 2 aromatic heterocycles. The molecular formula is C18H14N4O3S. The van der Waals surface area contributed by atoms with Crippen LogP contribution in [0.2, 0.25) is 0 Å². The third-order valence-electron chi connectivity index (χ3n) is 3.74. The molecule has 0 bridgehead atoms. The van der Waals surface area contributed by atoms with Crippen LogP contribution in [0.1, 0.15) is 16.2 Å². The fourth-order valence-corrected chi connectivity index (χ4v) is 3.32. The Labute approximate surface area is 152 Å². The highest BCUT2D eigenvalue weighted by molar-refractivity contribution is 7.22. The Balaban J connectivity index is 1.52. The van der Waals surface area contributed by atoms with Gasteiger partial charge in [-0.1, -0.05) is 16.5 Å². The molecule has 0 atom stereocenters. The molecule has 7 nitrogen and oxygen atoms in total. The van der Waals surface area contributed by atoms with E-state index in [1.54, 1.807) is 38.3 Å². The van der Waals surface area contributed by atoms with E-state index in [9.17, 15) is 4.79 Å². The number of hydrogen-bond donors (Lipinski definition) is 1. The standard InChI is InChI=1S/C18H14N4O3S/c1-10-19-17(25-22-10)12-5-3-11(4-6-12)16(23)21-18-20-14-8-7-13(24-2)9-15(14)26-18/h3-9H,1-2H3,(H,20,21,23). The third-order valence-corrected chi connectivity index (χ3v) is 4.67. The van der Waals surface area contributed by atoms with Gasteiger partial charge in [0, 0.05) is 11.1 Å². The van der Waals surface area contributed by atoms with Gasteiger partial charge in [0.15, 0.2) is 11.0 Å². The first kappa shape index (κ1) is 16.2. The largest absolute Gasteiger partial charge is 0.497 e. The number of aromatic nitrogens is 3.